The van der Waals surface area contributed by atoms with E-state index in [0.29, 0.717) is 22.7 Å². The molecule has 17 nitrogen and oxygen atoms in total. The van der Waals surface area contributed by atoms with Crippen molar-refractivity contribution >= 4 is 27.5 Å². The van der Waals surface area contributed by atoms with Crippen LogP contribution in [0.15, 0.2) is 52.7 Å². The SMILES string of the molecule is Cc1nc(C(O)(O)Oc2ccc(CC(NC(=O)OC3(O)COC4OCCC43)C(O)(O)CN(C(C)C)S(=O)(=O)c3ccc4c(c3)OCO4)cc2)cs1. The molecule has 2 aromatic carbocycles. The molecule has 4 unspecified atom stereocenters. The minimum Gasteiger partial charge on any atom is -0.454 e. The van der Waals surface area contributed by atoms with Gasteiger partial charge < -0.3 is 59.3 Å². The van der Waals surface area contributed by atoms with Crippen LogP contribution in [-0.4, -0.2) is 106 Å². The number of alkyl carbamates (subject to hydrolysis) is 1. The number of hydrogen-bond acceptors (Lipinski definition) is 16. The molecule has 0 spiro atoms. The zero-order valence-electron chi connectivity index (χ0n) is 27.8. The summed E-state index contributed by atoms with van der Waals surface area (Å²) in [5.41, 5.74) is 0.269. The monoisotopic (exact) mass is 753 g/mol. The molecule has 6 rings (SSSR count). The van der Waals surface area contributed by atoms with Gasteiger partial charge in [-0.15, -0.1) is 11.3 Å². The van der Waals surface area contributed by atoms with Crippen molar-refractivity contribution in [2.75, 3.05) is 26.6 Å². The number of fused-ring (bicyclic) bond motifs is 2. The lowest BCUT2D eigenvalue weighted by Crippen LogP contribution is -2.61. The van der Waals surface area contributed by atoms with E-state index in [4.69, 9.17) is 28.4 Å². The van der Waals surface area contributed by atoms with Gasteiger partial charge in [0, 0.05) is 17.5 Å². The van der Waals surface area contributed by atoms with Gasteiger partial charge in [0.15, 0.2) is 29.3 Å². The molecule has 3 aliphatic rings. The molecule has 19 heteroatoms. The second-order valence-corrected chi connectivity index (χ2v) is 15.7. The smallest absolute Gasteiger partial charge is 0.410 e. The van der Waals surface area contributed by atoms with E-state index < -0.39 is 64.5 Å². The first kappa shape index (κ1) is 37.1. The maximum Gasteiger partial charge on any atom is 0.410 e. The van der Waals surface area contributed by atoms with Gasteiger partial charge in [-0.1, -0.05) is 12.1 Å². The van der Waals surface area contributed by atoms with Crippen molar-refractivity contribution in [2.24, 2.45) is 5.92 Å². The highest BCUT2D eigenvalue weighted by atomic mass is 32.2. The van der Waals surface area contributed by atoms with Gasteiger partial charge in [0.25, 0.3) is 0 Å². The molecule has 2 fully saturated rings. The zero-order valence-corrected chi connectivity index (χ0v) is 29.4. The van der Waals surface area contributed by atoms with Gasteiger partial charge in [-0.2, -0.15) is 4.31 Å². The van der Waals surface area contributed by atoms with E-state index in [0.717, 1.165) is 4.31 Å². The third kappa shape index (κ3) is 7.92. The van der Waals surface area contributed by atoms with Crippen molar-refractivity contribution in [3.05, 3.63) is 64.1 Å². The number of thiazole rings is 1. The molecule has 2 saturated heterocycles. The molecule has 1 aromatic heterocycles. The van der Waals surface area contributed by atoms with Crippen LogP contribution in [0.25, 0.3) is 0 Å². The molecule has 3 aromatic rings. The number of amides is 1. The molecule has 278 valence electrons. The lowest BCUT2D eigenvalue weighted by atomic mass is 9.97. The van der Waals surface area contributed by atoms with Gasteiger partial charge in [0.2, 0.25) is 22.6 Å². The van der Waals surface area contributed by atoms with Gasteiger partial charge in [-0.05, 0) is 63.4 Å². The van der Waals surface area contributed by atoms with Crippen molar-refractivity contribution in [3.8, 4) is 17.2 Å². The average Bonchev–Trinajstić information content (AvgIpc) is 3.87. The minimum absolute atomic E-state index is 0.0233. The molecule has 0 aliphatic carbocycles. The highest BCUT2D eigenvalue weighted by molar-refractivity contribution is 7.89. The molecule has 4 atom stereocenters. The predicted molar refractivity (Wildman–Crippen MR) is 175 cm³/mol. The van der Waals surface area contributed by atoms with Gasteiger partial charge >= 0.3 is 12.1 Å². The summed E-state index contributed by atoms with van der Waals surface area (Å²) in [5.74, 6) is -7.83. The fourth-order valence-electron chi connectivity index (χ4n) is 5.96. The summed E-state index contributed by atoms with van der Waals surface area (Å²) in [6.07, 6.45) is -1.96. The second kappa shape index (κ2) is 14.1. The Morgan fingerprint density at radius 2 is 1.84 bits per heavy atom. The fourth-order valence-corrected chi connectivity index (χ4v) is 8.28. The Bertz CT molecular complexity index is 1830. The van der Waals surface area contributed by atoms with Crippen molar-refractivity contribution < 1.29 is 67.2 Å². The van der Waals surface area contributed by atoms with Crippen LogP contribution < -0.4 is 19.5 Å². The van der Waals surface area contributed by atoms with E-state index >= 15 is 0 Å². The largest absolute Gasteiger partial charge is 0.454 e. The standard InChI is InChI=1S/C32H39N3O14S2/c1-18(2)35(51(42,43)22-8-9-24-25(13-22)47-17-46-24)15-30(37,38)26(34-29(36)49-31(39)16-45-28-23(31)10-11-44-28)12-20-4-6-21(7-5-20)48-32(40,41)27-14-50-19(3)33-27/h4-9,13-14,18,23,26,28,37-41H,10-12,15-17H2,1-3H3,(H,34,36). The Balaban J connectivity index is 1.24. The van der Waals surface area contributed by atoms with Gasteiger partial charge in [-0.25, -0.2) is 18.2 Å². The highest BCUT2D eigenvalue weighted by Gasteiger charge is 2.55. The number of aromatic nitrogens is 1. The summed E-state index contributed by atoms with van der Waals surface area (Å²) in [7, 11) is -4.38. The van der Waals surface area contributed by atoms with Crippen LogP contribution in [0.2, 0.25) is 0 Å². The number of aryl methyl sites for hydroxylation is 1. The van der Waals surface area contributed by atoms with Gasteiger partial charge in [0.1, 0.15) is 12.4 Å². The van der Waals surface area contributed by atoms with Crippen LogP contribution in [0.3, 0.4) is 0 Å². The van der Waals surface area contributed by atoms with Crippen LogP contribution in [-0.2, 0) is 36.6 Å². The number of carbonyl (C=O) groups excluding carboxylic acids is 1. The molecule has 0 bridgehead atoms. The van der Waals surface area contributed by atoms with Crippen LogP contribution in [0.5, 0.6) is 17.2 Å². The molecule has 6 N–H and O–H groups in total. The fraction of sp³-hybridized carbons (Fsp3) is 0.500. The topological polar surface area (TPSA) is 236 Å². The summed E-state index contributed by atoms with van der Waals surface area (Å²) >= 11 is 1.20. The van der Waals surface area contributed by atoms with E-state index in [1.807, 2.05) is 0 Å². The Hall–Kier alpha value is -3.63. The molecular weight excluding hydrogens is 714 g/mol. The van der Waals surface area contributed by atoms with Crippen LogP contribution in [0.4, 0.5) is 4.79 Å². The molecule has 0 radical (unpaired) electrons. The lowest BCUT2D eigenvalue weighted by Gasteiger charge is -2.37. The molecule has 3 aliphatic heterocycles. The number of carbonyl (C=O) groups is 1. The zero-order chi connectivity index (χ0) is 36.8. The third-order valence-electron chi connectivity index (χ3n) is 8.68. The number of rotatable bonds is 13. The second-order valence-electron chi connectivity index (χ2n) is 12.7. The number of nitrogens with zero attached hydrogens (tertiary/aromatic N) is 2. The maximum atomic E-state index is 13.9. The normalized spacial score (nSPS) is 22.3. The average molecular weight is 754 g/mol. The number of hydrogen-bond donors (Lipinski definition) is 6. The third-order valence-corrected chi connectivity index (χ3v) is 11.5. The maximum absolute atomic E-state index is 13.9. The van der Waals surface area contributed by atoms with Crippen molar-refractivity contribution in [2.45, 2.75) is 74.4 Å². The summed E-state index contributed by atoms with van der Waals surface area (Å²) in [6, 6.07) is 7.27. The molecular formula is C32H39N3O14S2. The first-order chi connectivity index (χ1) is 24.0. The van der Waals surface area contributed by atoms with Gasteiger partial charge in [0.05, 0.1) is 35.0 Å². The Morgan fingerprint density at radius 1 is 1.12 bits per heavy atom. The van der Waals surface area contributed by atoms with Crippen molar-refractivity contribution in [1.29, 1.82) is 0 Å². The number of aliphatic hydroxyl groups is 5. The van der Waals surface area contributed by atoms with E-state index in [2.05, 4.69) is 10.3 Å². The predicted octanol–water partition coefficient (Wildman–Crippen LogP) is 0.853. The van der Waals surface area contributed by atoms with Crippen LogP contribution in [0, 0.1) is 12.8 Å². The minimum atomic E-state index is -4.38. The first-order valence-corrected chi connectivity index (χ1v) is 18.3. The van der Waals surface area contributed by atoms with E-state index in [9.17, 15) is 38.7 Å². The summed E-state index contributed by atoms with van der Waals surface area (Å²) in [4.78, 5) is 17.1. The van der Waals surface area contributed by atoms with E-state index in [-0.39, 0.29) is 48.5 Å². The molecule has 51 heavy (non-hydrogen) atoms. The quantitative estimate of drug-likeness (QED) is 0.133. The number of nitrogens with one attached hydrogen (secondary N) is 1. The Labute approximate surface area is 296 Å². The van der Waals surface area contributed by atoms with Crippen LogP contribution >= 0.6 is 11.3 Å². The highest BCUT2D eigenvalue weighted by Crippen LogP contribution is 2.40. The van der Waals surface area contributed by atoms with E-state index in [1.165, 1.54) is 59.2 Å². The van der Waals surface area contributed by atoms with Crippen molar-refractivity contribution in [1.82, 2.24) is 14.6 Å². The molecule has 4 heterocycles. The number of sulfonamides is 1. The molecule has 1 amide bonds. The van der Waals surface area contributed by atoms with E-state index in [1.54, 1.807) is 20.8 Å². The molecule has 0 saturated carbocycles. The van der Waals surface area contributed by atoms with Crippen LogP contribution in [0.1, 0.15) is 36.5 Å². The summed E-state index contributed by atoms with van der Waals surface area (Å²) in [6.45, 7) is 3.68. The first-order valence-electron chi connectivity index (χ1n) is 15.9. The Kier molecular flexibility index (Phi) is 10.2. The lowest BCUT2D eigenvalue weighted by molar-refractivity contribution is -0.306. The summed E-state index contributed by atoms with van der Waals surface area (Å²) < 4.78 is 60.7. The number of benzene rings is 2. The van der Waals surface area contributed by atoms with Crippen molar-refractivity contribution in [3.63, 3.8) is 0 Å². The summed E-state index contributed by atoms with van der Waals surface area (Å²) in [5, 5.41) is 59.6. The Morgan fingerprint density at radius 3 is 2.53 bits per heavy atom. The number of ether oxygens (including phenoxy) is 6. The van der Waals surface area contributed by atoms with Gasteiger partial charge in [-0.3, -0.25) is 0 Å².